The molecule has 1 saturated heterocycles. The van der Waals surface area contributed by atoms with Crippen molar-refractivity contribution in [3.8, 4) is 23.0 Å². The molecule has 0 bridgehead atoms. The highest BCUT2D eigenvalue weighted by Crippen LogP contribution is 2.46. The number of alkyl carbamates (subject to hydrolysis) is 1. The van der Waals surface area contributed by atoms with Gasteiger partial charge in [-0.3, -0.25) is 19.1 Å². The van der Waals surface area contributed by atoms with Gasteiger partial charge >= 0.3 is 6.09 Å². The lowest BCUT2D eigenvalue weighted by atomic mass is 10.0. The molecule has 16 nitrogen and oxygen atoms in total. The first-order valence-corrected chi connectivity index (χ1v) is 22.4. The predicted octanol–water partition coefficient (Wildman–Crippen LogP) is 5.61. The van der Waals surface area contributed by atoms with Gasteiger partial charge in [0.25, 0.3) is 11.8 Å². The zero-order chi connectivity index (χ0) is 43.3. The highest BCUT2D eigenvalue weighted by Gasteiger charge is 2.62. The summed E-state index contributed by atoms with van der Waals surface area (Å²) in [4.78, 5) is 67.5. The van der Waals surface area contributed by atoms with Crippen molar-refractivity contribution in [1.29, 1.82) is 0 Å². The summed E-state index contributed by atoms with van der Waals surface area (Å²) >= 11 is 0. The fraction of sp³-hybridized carbons (Fsp3) is 0.500. The number of nitrogens with zero attached hydrogens (tertiary/aromatic N) is 3. The second-order valence-corrected chi connectivity index (χ2v) is 19.5. The molecule has 4 aromatic rings. The van der Waals surface area contributed by atoms with Gasteiger partial charge in [0.2, 0.25) is 27.4 Å². The van der Waals surface area contributed by atoms with Crippen molar-refractivity contribution in [2.45, 2.75) is 120 Å². The lowest BCUT2D eigenvalue weighted by Gasteiger charge is -2.30. The molecule has 5 atom stereocenters. The Bertz CT molecular complexity index is 2510. The average Bonchev–Trinajstić information content (AvgIpc) is 4.11. The molecule has 4 amide bonds. The number of furan rings is 1. The molecule has 2 aliphatic heterocycles. The maximum Gasteiger partial charge on any atom is 0.408 e. The number of amides is 4. The highest BCUT2D eigenvalue weighted by molar-refractivity contribution is 7.91. The van der Waals surface area contributed by atoms with E-state index in [1.54, 1.807) is 40.0 Å². The molecule has 2 aliphatic carbocycles. The van der Waals surface area contributed by atoms with E-state index < -0.39 is 74.3 Å². The number of allylic oxidation sites excluding steroid dienone is 1. The second kappa shape index (κ2) is 16.3. The van der Waals surface area contributed by atoms with Crippen LogP contribution < -0.4 is 24.8 Å². The van der Waals surface area contributed by atoms with E-state index in [0.717, 1.165) is 23.8 Å². The summed E-state index contributed by atoms with van der Waals surface area (Å²) in [7, 11) is -2.35. The highest BCUT2D eigenvalue weighted by atomic mass is 32.2. The predicted molar refractivity (Wildman–Crippen MR) is 225 cm³/mol. The maximum absolute atomic E-state index is 14.7. The van der Waals surface area contributed by atoms with E-state index in [0.29, 0.717) is 53.9 Å². The molecular formula is C44H52N6O10S. The summed E-state index contributed by atoms with van der Waals surface area (Å²) in [6.45, 7) is 7.04. The van der Waals surface area contributed by atoms with Crippen LogP contribution >= 0.6 is 0 Å². The molecule has 324 valence electrons. The van der Waals surface area contributed by atoms with Gasteiger partial charge in [-0.15, -0.1) is 0 Å². The van der Waals surface area contributed by atoms with Gasteiger partial charge in [-0.1, -0.05) is 36.6 Å². The number of nitrogens with one attached hydrogen (secondary N) is 3. The molecule has 3 fully saturated rings. The zero-order valence-electron chi connectivity index (χ0n) is 35.0. The third kappa shape index (κ3) is 9.02. The molecule has 0 spiro atoms. The Labute approximate surface area is 354 Å². The number of carbonyl (C=O) groups excluding carboxylic acids is 4. The van der Waals surface area contributed by atoms with Crippen LogP contribution in [0.15, 0.2) is 59.0 Å². The molecular weight excluding hydrogens is 805 g/mol. The van der Waals surface area contributed by atoms with Crippen LogP contribution in [0.5, 0.6) is 11.6 Å². The third-order valence-corrected chi connectivity index (χ3v) is 13.4. The van der Waals surface area contributed by atoms with Gasteiger partial charge in [0, 0.05) is 23.3 Å². The lowest BCUT2D eigenvalue weighted by Crippen LogP contribution is -2.58. The zero-order valence-corrected chi connectivity index (χ0v) is 35.8. The van der Waals surface area contributed by atoms with Crippen molar-refractivity contribution >= 4 is 55.9 Å². The molecule has 0 unspecified atom stereocenters. The van der Waals surface area contributed by atoms with Crippen molar-refractivity contribution in [1.82, 2.24) is 30.2 Å². The van der Waals surface area contributed by atoms with Crippen molar-refractivity contribution in [3.05, 3.63) is 60.2 Å². The average molecular weight is 857 g/mol. The Hall–Kier alpha value is -5.71. The molecule has 3 N–H and O–H groups in total. The summed E-state index contributed by atoms with van der Waals surface area (Å²) in [6.07, 6.45) is 6.33. The number of aromatic nitrogens is 2. The Morgan fingerprint density at radius 2 is 1.79 bits per heavy atom. The standard InChI is InChI=1S/C44H52N6O10S/c1-25-13-20-34-31(21-25)35-36(59-34)39(47-37(46-35)26-14-16-28(57-5)17-15-26)58-29-22-33-38(51)48-44(41(53)49-61(55,56)30-18-19-30)23-27(44)11-9-7-6-8-10-12-32(40(52)50(33)24-29)45-42(54)60-43(2,3)4/h9,11,13-17,20-21,27,29-30,32-33H,6-8,10,12,18-19,22-24H2,1-5H3,(H,45,54)(H,48,51)(H,49,53)/t27-,29-,32+,33+,44-/m1/s1. The van der Waals surface area contributed by atoms with Crippen molar-refractivity contribution in [2.24, 2.45) is 5.92 Å². The third-order valence-electron chi connectivity index (χ3n) is 11.6. The monoisotopic (exact) mass is 856 g/mol. The van der Waals surface area contributed by atoms with Crippen LogP contribution in [0.1, 0.15) is 84.1 Å². The van der Waals surface area contributed by atoms with Crippen LogP contribution in [0, 0.1) is 12.8 Å². The number of fused-ring (bicyclic) bond motifs is 5. The van der Waals surface area contributed by atoms with Crippen LogP contribution in [0.3, 0.4) is 0 Å². The minimum Gasteiger partial charge on any atom is -0.497 e. The fourth-order valence-corrected chi connectivity index (χ4v) is 9.50. The van der Waals surface area contributed by atoms with E-state index in [9.17, 15) is 27.6 Å². The topological polar surface area (TPSA) is 208 Å². The first kappa shape index (κ1) is 42.0. The Morgan fingerprint density at radius 1 is 1.02 bits per heavy atom. The fourth-order valence-electron chi connectivity index (χ4n) is 8.14. The van der Waals surface area contributed by atoms with E-state index in [1.807, 2.05) is 49.4 Å². The van der Waals surface area contributed by atoms with E-state index in [4.69, 9.17) is 28.6 Å². The molecule has 4 heterocycles. The number of rotatable bonds is 8. The largest absolute Gasteiger partial charge is 0.497 e. The van der Waals surface area contributed by atoms with Gasteiger partial charge in [-0.25, -0.2) is 18.2 Å². The van der Waals surface area contributed by atoms with Gasteiger partial charge < -0.3 is 34.2 Å². The number of carbonyl (C=O) groups is 4. The molecule has 8 rings (SSSR count). The summed E-state index contributed by atoms with van der Waals surface area (Å²) < 4.78 is 52.0. The van der Waals surface area contributed by atoms with E-state index >= 15 is 0 Å². The van der Waals surface area contributed by atoms with Gasteiger partial charge in [0.1, 0.15) is 46.2 Å². The van der Waals surface area contributed by atoms with Crippen LogP contribution in [-0.2, 0) is 29.1 Å². The summed E-state index contributed by atoms with van der Waals surface area (Å²) in [5.41, 5.74) is 0.654. The summed E-state index contributed by atoms with van der Waals surface area (Å²) in [6, 6.07) is 10.7. The molecule has 0 radical (unpaired) electrons. The van der Waals surface area contributed by atoms with Gasteiger partial charge in [-0.2, -0.15) is 4.98 Å². The molecule has 2 saturated carbocycles. The first-order valence-electron chi connectivity index (χ1n) is 20.9. The molecule has 2 aromatic carbocycles. The van der Waals surface area contributed by atoms with Crippen LogP contribution in [0.25, 0.3) is 33.5 Å². The van der Waals surface area contributed by atoms with Crippen LogP contribution in [0.4, 0.5) is 4.79 Å². The van der Waals surface area contributed by atoms with Crippen LogP contribution in [0.2, 0.25) is 0 Å². The molecule has 17 heteroatoms. The number of hydrogen-bond donors (Lipinski definition) is 3. The minimum absolute atomic E-state index is 0.0298. The minimum atomic E-state index is -3.93. The number of hydrogen-bond acceptors (Lipinski definition) is 12. The molecule has 61 heavy (non-hydrogen) atoms. The number of benzene rings is 2. The molecule has 2 aromatic heterocycles. The van der Waals surface area contributed by atoms with Crippen molar-refractivity contribution < 1.29 is 46.2 Å². The number of methoxy groups -OCH3 is 1. The van der Waals surface area contributed by atoms with Gasteiger partial charge in [0.05, 0.1) is 18.9 Å². The van der Waals surface area contributed by atoms with E-state index in [1.165, 1.54) is 4.90 Å². The van der Waals surface area contributed by atoms with E-state index in [-0.39, 0.29) is 37.3 Å². The number of aryl methyl sites for hydroxylation is 1. The quantitative estimate of drug-likeness (QED) is 0.185. The lowest BCUT2D eigenvalue weighted by molar-refractivity contribution is -0.141. The van der Waals surface area contributed by atoms with Crippen molar-refractivity contribution in [2.75, 3.05) is 13.7 Å². The SMILES string of the molecule is COc1ccc(-c2nc(O[C@@H]3C[C@H]4C(=O)N[C@]5(C(=O)NS(=O)(=O)C6CC6)C[C@H]5C=CCCCCC[C@H](NC(=O)OC(C)(C)C)C(=O)N4C3)c3oc4ccc(C)cc4c3n2)cc1. The Balaban J connectivity index is 1.15. The maximum atomic E-state index is 14.7. The van der Waals surface area contributed by atoms with Gasteiger partial charge in [0.15, 0.2) is 5.82 Å². The summed E-state index contributed by atoms with van der Waals surface area (Å²) in [5.74, 6) is -1.36. The second-order valence-electron chi connectivity index (χ2n) is 17.6. The first-order chi connectivity index (χ1) is 29.0. The number of sulfonamides is 1. The van der Waals surface area contributed by atoms with Crippen LogP contribution in [-0.4, -0.2) is 95.3 Å². The summed E-state index contributed by atoms with van der Waals surface area (Å²) in [5, 5.41) is 5.75. The number of ether oxygens (including phenoxy) is 3. The van der Waals surface area contributed by atoms with E-state index in [2.05, 4.69) is 15.4 Å². The van der Waals surface area contributed by atoms with Crippen molar-refractivity contribution in [3.63, 3.8) is 0 Å². The smallest absolute Gasteiger partial charge is 0.408 e. The Morgan fingerprint density at radius 3 is 2.51 bits per heavy atom. The Kier molecular flexibility index (Phi) is 11.2. The molecule has 4 aliphatic rings. The van der Waals surface area contributed by atoms with Gasteiger partial charge in [-0.05, 0) is 103 Å². The normalized spacial score (nSPS) is 24.8.